The maximum atomic E-state index is 5.39. The van der Waals surface area contributed by atoms with Crippen LogP contribution in [0.1, 0.15) is 36.8 Å². The molecule has 0 unspecified atom stereocenters. The van der Waals surface area contributed by atoms with Crippen molar-refractivity contribution in [2.24, 2.45) is 0 Å². The molecule has 18 heavy (non-hydrogen) atoms. The molecule has 5 nitrogen and oxygen atoms in total. The fourth-order valence-electron chi connectivity index (χ4n) is 2.14. The second-order valence-corrected chi connectivity index (χ2v) is 4.77. The van der Waals surface area contributed by atoms with E-state index < -0.39 is 0 Å². The van der Waals surface area contributed by atoms with Crippen LogP contribution in [0.5, 0.6) is 0 Å². The first kappa shape index (κ1) is 11.3. The van der Waals surface area contributed by atoms with Crippen LogP contribution in [0.15, 0.2) is 16.9 Å². The molecule has 0 atom stereocenters. The number of rotatable bonds is 2. The SMILES string of the molecule is CC(C)c1nc2c(c(-c3ncco3)n1)CNCC2. The van der Waals surface area contributed by atoms with Crippen molar-refractivity contribution in [1.82, 2.24) is 20.3 Å². The monoisotopic (exact) mass is 244 g/mol. The highest BCUT2D eigenvalue weighted by Gasteiger charge is 2.21. The summed E-state index contributed by atoms with van der Waals surface area (Å²) in [5, 5.41) is 3.34. The Labute approximate surface area is 106 Å². The molecule has 5 heteroatoms. The van der Waals surface area contributed by atoms with Gasteiger partial charge in [-0.25, -0.2) is 15.0 Å². The van der Waals surface area contributed by atoms with E-state index in [1.165, 1.54) is 0 Å². The van der Waals surface area contributed by atoms with Gasteiger partial charge in [0.15, 0.2) is 0 Å². The highest BCUT2D eigenvalue weighted by Crippen LogP contribution is 2.26. The molecule has 3 rings (SSSR count). The molecular formula is C13H16N4O. The Balaban J connectivity index is 2.18. The van der Waals surface area contributed by atoms with Crippen LogP contribution in [0.25, 0.3) is 11.6 Å². The lowest BCUT2D eigenvalue weighted by atomic mass is 10.0. The first-order chi connectivity index (χ1) is 8.75. The fraction of sp³-hybridized carbons (Fsp3) is 0.462. The normalized spacial score (nSPS) is 14.8. The van der Waals surface area contributed by atoms with Crippen molar-refractivity contribution in [3.63, 3.8) is 0 Å². The van der Waals surface area contributed by atoms with Gasteiger partial charge in [-0.2, -0.15) is 0 Å². The van der Waals surface area contributed by atoms with Gasteiger partial charge in [0.05, 0.1) is 11.9 Å². The minimum Gasteiger partial charge on any atom is -0.443 e. The summed E-state index contributed by atoms with van der Waals surface area (Å²) in [5.41, 5.74) is 3.08. The second-order valence-electron chi connectivity index (χ2n) is 4.77. The van der Waals surface area contributed by atoms with Crippen molar-refractivity contribution >= 4 is 0 Å². The van der Waals surface area contributed by atoms with Crippen LogP contribution in [-0.4, -0.2) is 21.5 Å². The van der Waals surface area contributed by atoms with E-state index in [9.17, 15) is 0 Å². The van der Waals surface area contributed by atoms with Crippen LogP contribution in [0, 0.1) is 0 Å². The van der Waals surface area contributed by atoms with Crippen molar-refractivity contribution in [2.75, 3.05) is 6.54 Å². The highest BCUT2D eigenvalue weighted by molar-refractivity contribution is 5.55. The Kier molecular flexibility index (Phi) is 2.83. The van der Waals surface area contributed by atoms with Crippen LogP contribution in [0.2, 0.25) is 0 Å². The number of oxazole rings is 1. The van der Waals surface area contributed by atoms with Crippen molar-refractivity contribution in [2.45, 2.75) is 32.7 Å². The summed E-state index contributed by atoms with van der Waals surface area (Å²) < 4.78 is 5.39. The van der Waals surface area contributed by atoms with E-state index in [0.717, 1.165) is 42.3 Å². The van der Waals surface area contributed by atoms with E-state index >= 15 is 0 Å². The van der Waals surface area contributed by atoms with Crippen molar-refractivity contribution in [1.29, 1.82) is 0 Å². The molecule has 2 aromatic rings. The zero-order valence-corrected chi connectivity index (χ0v) is 10.6. The van der Waals surface area contributed by atoms with E-state index in [1.54, 1.807) is 12.5 Å². The summed E-state index contributed by atoms with van der Waals surface area (Å²) in [5.74, 6) is 1.75. The van der Waals surface area contributed by atoms with E-state index in [-0.39, 0.29) is 0 Å². The van der Waals surface area contributed by atoms with Gasteiger partial charge in [-0.1, -0.05) is 13.8 Å². The minimum absolute atomic E-state index is 0.305. The van der Waals surface area contributed by atoms with E-state index in [2.05, 4.69) is 34.1 Å². The highest BCUT2D eigenvalue weighted by atomic mass is 16.3. The standard InChI is InChI=1S/C13H16N4O/c1-8(2)12-16-10-3-4-14-7-9(10)11(17-12)13-15-5-6-18-13/h5-6,8,14H,3-4,7H2,1-2H3. The van der Waals surface area contributed by atoms with Crippen LogP contribution in [-0.2, 0) is 13.0 Å². The second kappa shape index (κ2) is 4.49. The maximum Gasteiger partial charge on any atom is 0.245 e. The topological polar surface area (TPSA) is 63.8 Å². The van der Waals surface area contributed by atoms with Gasteiger partial charge in [0.25, 0.3) is 0 Å². The molecule has 1 aliphatic rings. The number of aromatic nitrogens is 3. The van der Waals surface area contributed by atoms with Crippen molar-refractivity contribution < 1.29 is 4.42 Å². The van der Waals surface area contributed by atoms with Gasteiger partial charge in [-0.05, 0) is 0 Å². The van der Waals surface area contributed by atoms with Gasteiger partial charge in [-0.15, -0.1) is 0 Å². The van der Waals surface area contributed by atoms with E-state index in [1.807, 2.05) is 0 Å². The summed E-state index contributed by atoms with van der Waals surface area (Å²) in [6.45, 7) is 5.95. The molecule has 0 aliphatic carbocycles. The molecule has 1 aliphatic heterocycles. The lowest BCUT2D eigenvalue weighted by Gasteiger charge is -2.19. The first-order valence-electron chi connectivity index (χ1n) is 6.26. The van der Waals surface area contributed by atoms with Gasteiger partial charge in [0, 0.05) is 31.0 Å². The third-order valence-corrected chi connectivity index (χ3v) is 3.10. The van der Waals surface area contributed by atoms with Crippen molar-refractivity contribution in [3.05, 3.63) is 29.5 Å². The lowest BCUT2D eigenvalue weighted by Crippen LogP contribution is -2.26. The molecule has 3 heterocycles. The molecule has 0 bridgehead atoms. The minimum atomic E-state index is 0.305. The number of nitrogens with one attached hydrogen (secondary N) is 1. The summed E-state index contributed by atoms with van der Waals surface area (Å²) >= 11 is 0. The van der Waals surface area contributed by atoms with Crippen LogP contribution >= 0.6 is 0 Å². The molecule has 2 aromatic heterocycles. The first-order valence-corrected chi connectivity index (χ1v) is 6.26. The average molecular weight is 244 g/mol. The van der Waals surface area contributed by atoms with Gasteiger partial charge in [0.2, 0.25) is 5.89 Å². The van der Waals surface area contributed by atoms with Crippen molar-refractivity contribution in [3.8, 4) is 11.6 Å². The van der Waals surface area contributed by atoms with E-state index in [4.69, 9.17) is 4.42 Å². The summed E-state index contributed by atoms with van der Waals surface area (Å²) in [6, 6.07) is 0. The number of hydrogen-bond acceptors (Lipinski definition) is 5. The molecule has 0 saturated heterocycles. The third-order valence-electron chi connectivity index (χ3n) is 3.10. The zero-order valence-electron chi connectivity index (χ0n) is 10.6. The predicted octanol–water partition coefficient (Wildman–Crippen LogP) is 1.90. The average Bonchev–Trinajstić information content (AvgIpc) is 2.91. The van der Waals surface area contributed by atoms with Crippen LogP contribution in [0.4, 0.5) is 0 Å². The molecule has 1 N–H and O–H groups in total. The Hall–Kier alpha value is -1.75. The zero-order chi connectivity index (χ0) is 12.5. The summed E-state index contributed by atoms with van der Waals surface area (Å²) in [7, 11) is 0. The Morgan fingerprint density at radius 2 is 2.22 bits per heavy atom. The predicted molar refractivity (Wildman–Crippen MR) is 67.0 cm³/mol. The molecule has 0 fully saturated rings. The maximum absolute atomic E-state index is 5.39. The summed E-state index contributed by atoms with van der Waals surface area (Å²) in [6.07, 6.45) is 4.16. The van der Waals surface area contributed by atoms with Crippen LogP contribution < -0.4 is 5.32 Å². The Bertz CT molecular complexity index is 548. The van der Waals surface area contributed by atoms with Gasteiger partial charge < -0.3 is 9.73 Å². The quantitative estimate of drug-likeness (QED) is 0.874. The fourth-order valence-corrected chi connectivity index (χ4v) is 2.14. The molecule has 94 valence electrons. The van der Waals surface area contributed by atoms with Crippen LogP contribution in [0.3, 0.4) is 0 Å². The number of fused-ring (bicyclic) bond motifs is 1. The molecule has 0 saturated carbocycles. The molecule has 0 radical (unpaired) electrons. The molecular weight excluding hydrogens is 228 g/mol. The Morgan fingerprint density at radius 3 is 2.94 bits per heavy atom. The molecule has 0 amide bonds. The smallest absolute Gasteiger partial charge is 0.245 e. The van der Waals surface area contributed by atoms with Gasteiger partial charge in [-0.3, -0.25) is 0 Å². The Morgan fingerprint density at radius 1 is 1.33 bits per heavy atom. The number of nitrogens with zero attached hydrogens (tertiary/aromatic N) is 3. The van der Waals surface area contributed by atoms with Gasteiger partial charge >= 0.3 is 0 Å². The van der Waals surface area contributed by atoms with E-state index in [0.29, 0.717) is 11.8 Å². The third kappa shape index (κ3) is 1.90. The molecule has 0 aromatic carbocycles. The van der Waals surface area contributed by atoms with Gasteiger partial charge in [0.1, 0.15) is 17.8 Å². The largest absolute Gasteiger partial charge is 0.443 e. The lowest BCUT2D eigenvalue weighted by molar-refractivity contribution is 0.561. The number of hydrogen-bond donors (Lipinski definition) is 1. The summed E-state index contributed by atoms with van der Waals surface area (Å²) in [4.78, 5) is 13.5. The molecule has 0 spiro atoms.